The van der Waals surface area contributed by atoms with Crippen molar-refractivity contribution >= 4 is 0 Å². The van der Waals surface area contributed by atoms with Crippen LogP contribution < -0.4 is 30.6 Å². The molecule has 0 saturated heterocycles. The molecule has 0 unspecified atom stereocenters. The topological polar surface area (TPSA) is 162 Å². The second-order valence-electron chi connectivity index (χ2n) is 23.1. The van der Waals surface area contributed by atoms with Crippen LogP contribution in [-0.4, -0.2) is 30.6 Å². The molecule has 6 aromatic heterocycles. The van der Waals surface area contributed by atoms with Gasteiger partial charge < -0.3 is 61.2 Å². The van der Waals surface area contributed by atoms with Gasteiger partial charge in [0.2, 0.25) is 0 Å². The van der Waals surface area contributed by atoms with Gasteiger partial charge in [0.15, 0.2) is 0 Å². The first kappa shape index (κ1) is 73.6. The molecule has 510 valence electrons. The van der Waals surface area contributed by atoms with Gasteiger partial charge in [0, 0.05) is 34.2 Å². The Morgan fingerprint density at radius 1 is 0.125 bits per heavy atom. The largest absolute Gasteiger partial charge is 3.00 e. The molecular weight excluding hydrogens is 1580 g/mol. The van der Waals surface area contributed by atoms with Crippen molar-refractivity contribution < 1.29 is 74.6 Å². The molecule has 14 heteroatoms. The van der Waals surface area contributed by atoms with E-state index in [0.717, 1.165) is 135 Å². The van der Waals surface area contributed by atoms with Crippen LogP contribution >= 0.6 is 0 Å². The second kappa shape index (κ2) is 39.0. The summed E-state index contributed by atoms with van der Waals surface area (Å²) in [5.41, 5.74) is 24.2. The average Bonchev–Trinajstić information content (AvgIpc) is 1.75. The molecule has 0 aliphatic heterocycles. The first-order valence-corrected chi connectivity index (χ1v) is 33.3. The molecule has 104 heavy (non-hydrogen) atoms. The van der Waals surface area contributed by atoms with Gasteiger partial charge in [-0.25, -0.2) is 0 Å². The molecule has 18 rings (SSSR count). The molecule has 12 aromatic carbocycles. The van der Waals surface area contributed by atoms with E-state index in [4.69, 9.17) is 0 Å². The van der Waals surface area contributed by atoms with E-state index in [0.29, 0.717) is 0 Å². The summed E-state index contributed by atoms with van der Waals surface area (Å²) in [5.74, 6) is 0. The average molecular weight is 1650 g/mol. The Morgan fingerprint density at radius 3 is 0.327 bits per heavy atom. The molecular formula is C90H66Er2N12. The molecule has 2 radical (unpaired) electrons. The zero-order valence-electron chi connectivity index (χ0n) is 56.0. The van der Waals surface area contributed by atoms with E-state index in [1.807, 2.05) is 400 Å². The third-order valence-corrected chi connectivity index (χ3v) is 16.1. The number of aromatic nitrogens is 12. The third-order valence-electron chi connectivity index (χ3n) is 16.1. The summed E-state index contributed by atoms with van der Waals surface area (Å²) in [4.78, 5) is 0. The predicted molar refractivity (Wildman–Crippen MR) is 411 cm³/mol. The van der Waals surface area contributed by atoms with E-state index < -0.39 is 0 Å². The minimum atomic E-state index is 0. The molecule has 0 N–H and O–H groups in total. The smallest absolute Gasteiger partial charge is 0.574 e. The fraction of sp³-hybridized carbons (Fsp3) is 0. The van der Waals surface area contributed by atoms with Crippen LogP contribution in [0, 0.1) is 74.6 Å². The van der Waals surface area contributed by atoms with E-state index >= 15 is 0 Å². The van der Waals surface area contributed by atoms with Crippen LogP contribution in [0.1, 0.15) is 0 Å². The van der Waals surface area contributed by atoms with Crippen molar-refractivity contribution in [3.8, 4) is 135 Å². The molecule has 0 amide bonds. The van der Waals surface area contributed by atoms with Gasteiger partial charge in [-0.15, -0.1) is 34.2 Å². The monoisotopic (exact) mass is 1650 g/mol. The summed E-state index contributed by atoms with van der Waals surface area (Å²) in [6, 6.07) is 133. The van der Waals surface area contributed by atoms with Crippen LogP contribution in [0.3, 0.4) is 0 Å². The predicted octanol–water partition coefficient (Wildman–Crippen LogP) is 20.2. The van der Waals surface area contributed by atoms with Crippen LogP contribution in [-0.2, 0) is 0 Å². The molecule has 0 bridgehead atoms. The number of nitrogens with zero attached hydrogens (tertiary/aromatic N) is 12. The van der Waals surface area contributed by atoms with Crippen molar-refractivity contribution in [1.29, 1.82) is 0 Å². The number of hydrogen-bond acceptors (Lipinski definition) is 6. The zero-order chi connectivity index (χ0) is 69.0. The maximum absolute atomic E-state index is 4.21. The summed E-state index contributed by atoms with van der Waals surface area (Å²) < 4.78 is 0. The molecule has 12 nitrogen and oxygen atoms in total. The van der Waals surface area contributed by atoms with E-state index in [9.17, 15) is 0 Å². The van der Waals surface area contributed by atoms with Crippen LogP contribution in [0.25, 0.3) is 135 Å². The van der Waals surface area contributed by atoms with Gasteiger partial charge >= 0.3 is 74.6 Å². The number of benzene rings is 12. The Bertz CT molecular complexity index is 4150. The second-order valence-corrected chi connectivity index (χ2v) is 23.1. The molecule has 0 fully saturated rings. The summed E-state index contributed by atoms with van der Waals surface area (Å²) in [6.07, 6.45) is 0. The van der Waals surface area contributed by atoms with Gasteiger partial charge in [0.05, 0.1) is 0 Å². The molecule has 6 heterocycles. The third kappa shape index (κ3) is 20.8. The summed E-state index contributed by atoms with van der Waals surface area (Å²) in [7, 11) is 0. The first-order valence-electron chi connectivity index (χ1n) is 33.3. The van der Waals surface area contributed by atoms with Crippen molar-refractivity contribution in [2.45, 2.75) is 0 Å². The normalized spacial score (nSPS) is 10.2. The van der Waals surface area contributed by atoms with Crippen LogP contribution in [0.4, 0.5) is 0 Å². The molecule has 0 aliphatic carbocycles. The summed E-state index contributed by atoms with van der Waals surface area (Å²) in [6.45, 7) is 0. The summed E-state index contributed by atoms with van der Waals surface area (Å²) in [5, 5.41) is 50.6. The van der Waals surface area contributed by atoms with Crippen molar-refractivity contribution in [2.75, 3.05) is 0 Å². The van der Waals surface area contributed by atoms with Crippen molar-refractivity contribution in [1.82, 2.24) is 61.2 Å². The Labute approximate surface area is 664 Å². The quantitative estimate of drug-likeness (QED) is 0.114. The van der Waals surface area contributed by atoms with Crippen molar-refractivity contribution in [2.24, 2.45) is 0 Å². The standard InChI is InChI=1S/6C15H11N2.2Er/c6*1-3-7-12(8-4-1)14-11-15(17-16-14)13-9-5-2-6-10-13;;/h6*1-11H;;/q6*-1;2*+3. The fourth-order valence-corrected chi connectivity index (χ4v) is 10.8. The molecule has 0 spiro atoms. The molecule has 0 atom stereocenters. The van der Waals surface area contributed by atoms with Gasteiger partial charge in [-0.3, -0.25) is 0 Å². The van der Waals surface area contributed by atoms with Crippen molar-refractivity contribution in [3.63, 3.8) is 0 Å². The van der Waals surface area contributed by atoms with Gasteiger partial charge in [0.1, 0.15) is 0 Å². The fourth-order valence-electron chi connectivity index (χ4n) is 10.8. The van der Waals surface area contributed by atoms with E-state index in [-0.39, 0.29) is 74.6 Å². The Kier molecular flexibility index (Phi) is 27.6. The number of rotatable bonds is 12. The summed E-state index contributed by atoms with van der Waals surface area (Å²) >= 11 is 0. The molecule has 0 saturated carbocycles. The maximum atomic E-state index is 4.21. The SMILES string of the molecule is [Er+3].[Er+3].c1ccc(-c2cc(-c3ccccc3)[n-]n2)cc1.c1ccc(-c2cc(-c3ccccc3)[n-]n2)cc1.c1ccc(-c2cc(-c3ccccc3)[n-]n2)cc1.c1ccc(-c2cc(-c3ccccc3)[n-]n2)cc1.c1ccc(-c2cc(-c3ccccc3)[n-]n2)cc1.c1ccc(-c2cc(-c3ccccc3)[n-]n2)cc1. The Balaban J connectivity index is 0.000000124. The van der Waals surface area contributed by atoms with Crippen LogP contribution in [0.5, 0.6) is 0 Å². The van der Waals surface area contributed by atoms with Crippen LogP contribution in [0.2, 0.25) is 0 Å². The zero-order valence-corrected chi connectivity index (χ0v) is 59.8. The molecule has 0 aliphatic rings. The van der Waals surface area contributed by atoms with Crippen molar-refractivity contribution in [3.05, 3.63) is 400 Å². The van der Waals surface area contributed by atoms with Gasteiger partial charge in [-0.1, -0.05) is 400 Å². The molecule has 18 aromatic rings. The van der Waals surface area contributed by atoms with E-state index in [1.165, 1.54) is 0 Å². The minimum Gasteiger partial charge on any atom is -0.574 e. The van der Waals surface area contributed by atoms with Gasteiger partial charge in [-0.05, 0) is 66.8 Å². The van der Waals surface area contributed by atoms with Crippen LogP contribution in [0.15, 0.2) is 400 Å². The minimum absolute atomic E-state index is 0. The van der Waals surface area contributed by atoms with Gasteiger partial charge in [-0.2, -0.15) is 0 Å². The number of hydrogen-bond donors (Lipinski definition) is 0. The van der Waals surface area contributed by atoms with Gasteiger partial charge in [0.25, 0.3) is 0 Å². The van der Waals surface area contributed by atoms with E-state index in [2.05, 4.69) is 61.2 Å². The van der Waals surface area contributed by atoms with E-state index in [1.54, 1.807) is 0 Å². The Hall–Kier alpha value is -11.6. The first-order chi connectivity index (χ1) is 50.6. The Morgan fingerprint density at radius 2 is 0.221 bits per heavy atom. The maximum Gasteiger partial charge on any atom is 3.00 e.